The lowest BCUT2D eigenvalue weighted by Gasteiger charge is -2.12. The number of nitrogens with zero attached hydrogens (tertiary/aromatic N) is 2. The lowest BCUT2D eigenvalue weighted by molar-refractivity contribution is 0.167. The summed E-state index contributed by atoms with van der Waals surface area (Å²) in [7, 11) is 1.41. The zero-order valence-electron chi connectivity index (χ0n) is 10.2. The Morgan fingerprint density at radius 2 is 1.95 bits per heavy atom. The summed E-state index contributed by atoms with van der Waals surface area (Å²) in [5.41, 5.74) is 0.717. The van der Waals surface area contributed by atoms with E-state index < -0.39 is 17.7 Å². The molecule has 4 nitrogen and oxygen atoms in total. The Labute approximate surface area is 108 Å². The van der Waals surface area contributed by atoms with Crippen molar-refractivity contribution in [3.05, 3.63) is 53.5 Å². The minimum absolute atomic E-state index is 0.0895. The Morgan fingerprint density at radius 3 is 2.63 bits per heavy atom. The van der Waals surface area contributed by atoms with E-state index in [0.717, 1.165) is 12.1 Å². The van der Waals surface area contributed by atoms with Gasteiger partial charge in [-0.1, -0.05) is 6.07 Å². The molecule has 0 saturated carbocycles. The van der Waals surface area contributed by atoms with Crippen molar-refractivity contribution in [2.75, 3.05) is 7.11 Å². The van der Waals surface area contributed by atoms with Crippen molar-refractivity contribution in [3.63, 3.8) is 0 Å². The van der Waals surface area contributed by atoms with Crippen LogP contribution in [-0.2, 0) is 6.42 Å². The van der Waals surface area contributed by atoms with Crippen LogP contribution in [0.15, 0.2) is 30.6 Å². The second-order valence-corrected chi connectivity index (χ2v) is 3.92. The number of aromatic nitrogens is 2. The summed E-state index contributed by atoms with van der Waals surface area (Å²) in [6.45, 7) is 0. The van der Waals surface area contributed by atoms with Crippen molar-refractivity contribution in [1.82, 2.24) is 9.97 Å². The van der Waals surface area contributed by atoms with E-state index in [1.165, 1.54) is 25.6 Å². The van der Waals surface area contributed by atoms with Gasteiger partial charge in [0.2, 0.25) is 5.88 Å². The maximum Gasteiger partial charge on any atom is 0.238 e. The molecular weight excluding hydrogens is 254 g/mol. The third-order valence-corrected chi connectivity index (χ3v) is 2.61. The van der Waals surface area contributed by atoms with Gasteiger partial charge in [-0.2, -0.15) is 0 Å². The number of halogens is 2. The Bertz CT molecular complexity index is 578. The first kappa shape index (κ1) is 13.4. The van der Waals surface area contributed by atoms with E-state index >= 15 is 0 Å². The minimum atomic E-state index is -1.01. The molecule has 0 aliphatic heterocycles. The Balaban J connectivity index is 2.20. The van der Waals surface area contributed by atoms with Gasteiger partial charge in [-0.25, -0.2) is 13.8 Å². The first-order chi connectivity index (χ1) is 9.11. The van der Waals surface area contributed by atoms with Crippen molar-refractivity contribution in [3.8, 4) is 5.88 Å². The topological polar surface area (TPSA) is 55.2 Å². The highest BCUT2D eigenvalue weighted by Gasteiger charge is 2.17. The first-order valence-electron chi connectivity index (χ1n) is 5.58. The van der Waals surface area contributed by atoms with E-state index in [1.54, 1.807) is 0 Å². The number of benzene rings is 1. The molecule has 0 bridgehead atoms. The van der Waals surface area contributed by atoms with Gasteiger partial charge in [0.1, 0.15) is 11.8 Å². The molecule has 1 heterocycles. The van der Waals surface area contributed by atoms with E-state index in [9.17, 15) is 13.9 Å². The van der Waals surface area contributed by atoms with Crippen molar-refractivity contribution >= 4 is 0 Å². The molecule has 0 amide bonds. The van der Waals surface area contributed by atoms with Gasteiger partial charge >= 0.3 is 0 Å². The third kappa shape index (κ3) is 3.03. The lowest BCUT2D eigenvalue weighted by Crippen LogP contribution is -2.08. The zero-order valence-corrected chi connectivity index (χ0v) is 10.2. The summed E-state index contributed by atoms with van der Waals surface area (Å²) < 4.78 is 30.8. The molecule has 0 saturated heterocycles. The Hall–Kier alpha value is -2.08. The van der Waals surface area contributed by atoms with Crippen LogP contribution in [0.3, 0.4) is 0 Å². The number of hydrogen-bond acceptors (Lipinski definition) is 4. The molecule has 19 heavy (non-hydrogen) atoms. The maximum atomic E-state index is 13.1. The molecule has 2 aromatic rings. The summed E-state index contributed by atoms with van der Waals surface area (Å²) in [5, 5.41) is 10.0. The van der Waals surface area contributed by atoms with Crippen molar-refractivity contribution in [1.29, 1.82) is 0 Å². The second-order valence-electron chi connectivity index (χ2n) is 3.92. The van der Waals surface area contributed by atoms with E-state index in [1.807, 2.05) is 0 Å². The first-order valence-corrected chi connectivity index (χ1v) is 5.58. The molecule has 0 spiro atoms. The van der Waals surface area contributed by atoms with Crippen molar-refractivity contribution in [2.24, 2.45) is 0 Å². The summed E-state index contributed by atoms with van der Waals surface area (Å²) in [5.74, 6) is -1.66. The van der Waals surface area contributed by atoms with Crippen LogP contribution in [-0.4, -0.2) is 22.2 Å². The molecule has 1 atom stereocenters. The molecule has 0 aliphatic rings. The number of rotatable bonds is 4. The summed E-state index contributed by atoms with van der Waals surface area (Å²) in [4.78, 5) is 7.89. The second kappa shape index (κ2) is 5.71. The highest BCUT2D eigenvalue weighted by Crippen LogP contribution is 2.23. The molecule has 1 unspecified atom stereocenters. The molecule has 0 aliphatic carbocycles. The van der Waals surface area contributed by atoms with Crippen LogP contribution in [0.5, 0.6) is 5.88 Å². The monoisotopic (exact) mass is 266 g/mol. The van der Waals surface area contributed by atoms with Crippen LogP contribution in [0.2, 0.25) is 0 Å². The number of methoxy groups -OCH3 is 1. The standard InChI is InChI=1S/C13H12F2N2O2/c1-19-13-12(16-4-5-17-13)11(18)7-8-2-3-9(14)10(15)6-8/h2-6,11,18H,7H2,1H3. The fraction of sp³-hybridized carbons (Fsp3) is 0.231. The highest BCUT2D eigenvalue weighted by molar-refractivity contribution is 5.24. The molecule has 100 valence electrons. The third-order valence-electron chi connectivity index (χ3n) is 2.61. The zero-order chi connectivity index (χ0) is 13.8. The molecular formula is C13H12F2N2O2. The molecule has 0 fully saturated rings. The van der Waals surface area contributed by atoms with Gasteiger partial charge in [0.05, 0.1) is 7.11 Å². The van der Waals surface area contributed by atoms with Gasteiger partial charge in [0, 0.05) is 18.8 Å². The fourth-order valence-electron chi connectivity index (χ4n) is 1.71. The van der Waals surface area contributed by atoms with Crippen LogP contribution < -0.4 is 4.74 Å². The van der Waals surface area contributed by atoms with Gasteiger partial charge in [0.25, 0.3) is 0 Å². The van der Waals surface area contributed by atoms with E-state index in [2.05, 4.69) is 9.97 Å². The molecule has 0 radical (unpaired) electrons. The average Bonchev–Trinajstić information content (AvgIpc) is 2.43. The number of aliphatic hydroxyl groups is 1. The van der Waals surface area contributed by atoms with Crippen LogP contribution >= 0.6 is 0 Å². The Morgan fingerprint density at radius 1 is 1.21 bits per heavy atom. The maximum absolute atomic E-state index is 13.1. The van der Waals surface area contributed by atoms with Crippen molar-refractivity contribution in [2.45, 2.75) is 12.5 Å². The van der Waals surface area contributed by atoms with E-state index in [-0.39, 0.29) is 18.0 Å². The summed E-state index contributed by atoms with van der Waals surface area (Å²) in [6, 6.07) is 3.47. The van der Waals surface area contributed by atoms with Crippen LogP contribution in [0.1, 0.15) is 17.4 Å². The van der Waals surface area contributed by atoms with Crippen LogP contribution in [0.4, 0.5) is 8.78 Å². The minimum Gasteiger partial charge on any atom is -0.480 e. The predicted molar refractivity (Wildman–Crippen MR) is 63.6 cm³/mol. The highest BCUT2D eigenvalue weighted by atomic mass is 19.2. The van der Waals surface area contributed by atoms with Crippen LogP contribution in [0, 0.1) is 11.6 Å². The normalized spacial score (nSPS) is 12.2. The molecule has 1 aromatic carbocycles. The average molecular weight is 266 g/mol. The summed E-state index contributed by atoms with van der Waals surface area (Å²) in [6.07, 6.45) is 1.94. The SMILES string of the molecule is COc1nccnc1C(O)Cc1ccc(F)c(F)c1. The number of aliphatic hydroxyl groups excluding tert-OH is 1. The fourth-order valence-corrected chi connectivity index (χ4v) is 1.71. The predicted octanol–water partition coefficient (Wildman–Crippen LogP) is 2.04. The van der Waals surface area contributed by atoms with E-state index in [0.29, 0.717) is 5.56 Å². The van der Waals surface area contributed by atoms with Gasteiger partial charge in [-0.15, -0.1) is 0 Å². The molecule has 6 heteroatoms. The van der Waals surface area contributed by atoms with E-state index in [4.69, 9.17) is 4.74 Å². The quantitative estimate of drug-likeness (QED) is 0.920. The summed E-state index contributed by atoms with van der Waals surface area (Å²) >= 11 is 0. The molecule has 1 aromatic heterocycles. The van der Waals surface area contributed by atoms with Gasteiger partial charge in [-0.3, -0.25) is 4.98 Å². The van der Waals surface area contributed by atoms with Gasteiger partial charge in [-0.05, 0) is 17.7 Å². The van der Waals surface area contributed by atoms with Crippen LogP contribution in [0.25, 0.3) is 0 Å². The smallest absolute Gasteiger partial charge is 0.238 e. The molecule has 1 N–H and O–H groups in total. The van der Waals surface area contributed by atoms with Crippen molar-refractivity contribution < 1.29 is 18.6 Å². The number of hydrogen-bond donors (Lipinski definition) is 1. The molecule has 2 rings (SSSR count). The largest absolute Gasteiger partial charge is 0.480 e. The lowest BCUT2D eigenvalue weighted by atomic mass is 10.1. The van der Waals surface area contributed by atoms with Gasteiger partial charge < -0.3 is 9.84 Å². The Kier molecular flexibility index (Phi) is 4.01. The number of ether oxygens (including phenoxy) is 1. The van der Waals surface area contributed by atoms with Gasteiger partial charge in [0.15, 0.2) is 11.6 Å².